The van der Waals surface area contributed by atoms with Crippen LogP contribution in [-0.4, -0.2) is 71.5 Å². The van der Waals surface area contributed by atoms with Crippen molar-refractivity contribution in [1.29, 1.82) is 0 Å². The maximum absolute atomic E-state index is 13.0. The normalized spacial score (nSPS) is 14.5. The molecule has 4 rings (SSSR count). The van der Waals surface area contributed by atoms with Gasteiger partial charge in [-0.25, -0.2) is 18.1 Å². The van der Waals surface area contributed by atoms with E-state index in [0.29, 0.717) is 37.4 Å². The summed E-state index contributed by atoms with van der Waals surface area (Å²) in [7, 11) is -3.69. The van der Waals surface area contributed by atoms with Crippen LogP contribution < -0.4 is 16.0 Å². The fourth-order valence-corrected chi connectivity index (χ4v) is 5.71. The minimum atomic E-state index is -3.69. The van der Waals surface area contributed by atoms with Crippen molar-refractivity contribution in [3.63, 3.8) is 0 Å². The maximum Gasteiger partial charge on any atom is 0.270 e. The Morgan fingerprint density at radius 2 is 1.81 bits per heavy atom. The summed E-state index contributed by atoms with van der Waals surface area (Å²) in [4.78, 5) is 28.9. The first kappa shape index (κ1) is 26.7. The Hall–Kier alpha value is -3.32. The van der Waals surface area contributed by atoms with Gasteiger partial charge in [-0.05, 0) is 44.2 Å². The van der Waals surface area contributed by atoms with Crippen molar-refractivity contribution in [3.05, 3.63) is 70.8 Å². The second-order valence-electron chi connectivity index (χ2n) is 8.78. The van der Waals surface area contributed by atoms with Crippen LogP contribution >= 0.6 is 11.6 Å². The van der Waals surface area contributed by atoms with Crippen molar-refractivity contribution in [2.75, 3.05) is 26.2 Å². The van der Waals surface area contributed by atoms with Gasteiger partial charge in [-0.2, -0.15) is 9.40 Å². The Morgan fingerprint density at radius 1 is 1.11 bits per heavy atom. The quantitative estimate of drug-likeness (QED) is 0.390. The third-order valence-electron chi connectivity index (χ3n) is 5.60. The number of piperazine rings is 1. The molecule has 0 saturated carbocycles. The van der Waals surface area contributed by atoms with Crippen LogP contribution in [-0.2, 0) is 16.6 Å². The van der Waals surface area contributed by atoms with E-state index in [0.717, 1.165) is 0 Å². The van der Waals surface area contributed by atoms with Crippen LogP contribution in [0.25, 0.3) is 5.69 Å². The fraction of sp³-hybridized carbons (Fsp3) is 0.333. The number of halogens is 1. The summed E-state index contributed by atoms with van der Waals surface area (Å²) < 4.78 is 28.9. The highest BCUT2D eigenvalue weighted by atomic mass is 35.5. The molecule has 2 amide bonds. The molecule has 0 bridgehead atoms. The predicted molar refractivity (Wildman–Crippen MR) is 138 cm³/mol. The topological polar surface area (TPSA) is 138 Å². The molecule has 0 unspecified atom stereocenters. The van der Waals surface area contributed by atoms with Gasteiger partial charge in [0.2, 0.25) is 10.0 Å². The van der Waals surface area contributed by atoms with E-state index in [2.05, 4.69) is 26.0 Å². The van der Waals surface area contributed by atoms with Crippen molar-refractivity contribution in [2.45, 2.75) is 31.3 Å². The van der Waals surface area contributed by atoms with E-state index in [9.17, 15) is 18.0 Å². The molecule has 0 radical (unpaired) electrons. The SMILES string of the molecule is CC(C)NC(=O)c1cccc(C(=O)NCc2cnn(-c3ccc(S(=O)(=O)N4CCNCC4)c(Cl)c3)c2)n1. The zero-order valence-electron chi connectivity index (χ0n) is 20.4. The summed E-state index contributed by atoms with van der Waals surface area (Å²) in [5.74, 6) is -0.784. The molecule has 1 aliphatic heterocycles. The second kappa shape index (κ2) is 11.4. The molecular weight excluding hydrogens is 518 g/mol. The van der Waals surface area contributed by atoms with Crippen molar-refractivity contribution in [3.8, 4) is 5.69 Å². The number of carbonyl (C=O) groups excluding carboxylic acids is 2. The Morgan fingerprint density at radius 3 is 2.49 bits per heavy atom. The smallest absolute Gasteiger partial charge is 0.270 e. The number of nitrogens with one attached hydrogen (secondary N) is 3. The summed E-state index contributed by atoms with van der Waals surface area (Å²) in [6, 6.07) is 9.28. The Balaban J connectivity index is 1.41. The van der Waals surface area contributed by atoms with E-state index in [1.807, 2.05) is 13.8 Å². The highest BCUT2D eigenvalue weighted by Crippen LogP contribution is 2.27. The number of aromatic nitrogens is 3. The highest BCUT2D eigenvalue weighted by molar-refractivity contribution is 7.89. The molecule has 0 spiro atoms. The van der Waals surface area contributed by atoms with Gasteiger partial charge in [0.05, 0.1) is 16.9 Å². The summed E-state index contributed by atoms with van der Waals surface area (Å²) in [5.41, 5.74) is 1.56. The van der Waals surface area contributed by atoms with Crippen LogP contribution in [0.4, 0.5) is 0 Å². The first-order chi connectivity index (χ1) is 17.6. The third kappa shape index (κ3) is 6.34. The summed E-state index contributed by atoms with van der Waals surface area (Å²) in [6.07, 6.45) is 3.29. The summed E-state index contributed by atoms with van der Waals surface area (Å²) in [6.45, 7) is 5.82. The summed E-state index contributed by atoms with van der Waals surface area (Å²) in [5, 5.41) is 13.0. The third-order valence-corrected chi connectivity index (χ3v) is 7.98. The standard InChI is InChI=1S/C24H28ClN7O4S/c1-16(2)29-24(34)21-5-3-4-20(30-21)23(33)27-13-17-14-28-32(15-17)18-6-7-22(19(25)12-18)37(35,36)31-10-8-26-9-11-31/h3-7,12,14-16,26H,8-11,13H2,1-2H3,(H,27,33)(H,29,34). The molecule has 196 valence electrons. The van der Waals surface area contributed by atoms with Gasteiger partial charge in [0, 0.05) is 50.5 Å². The Bertz CT molecular complexity index is 1400. The molecule has 3 N–H and O–H groups in total. The minimum Gasteiger partial charge on any atom is -0.349 e. The number of nitrogens with zero attached hydrogens (tertiary/aromatic N) is 4. The van der Waals surface area contributed by atoms with Gasteiger partial charge in [-0.15, -0.1) is 0 Å². The number of carbonyl (C=O) groups is 2. The van der Waals surface area contributed by atoms with E-state index in [-0.39, 0.29) is 39.8 Å². The van der Waals surface area contributed by atoms with Crippen LogP contribution in [0, 0.1) is 0 Å². The molecule has 1 aromatic carbocycles. The van der Waals surface area contributed by atoms with Crippen molar-refractivity contribution < 1.29 is 18.0 Å². The number of sulfonamides is 1. The van der Waals surface area contributed by atoms with Gasteiger partial charge < -0.3 is 16.0 Å². The van der Waals surface area contributed by atoms with Crippen LogP contribution in [0.5, 0.6) is 0 Å². The second-order valence-corrected chi connectivity index (χ2v) is 11.1. The molecule has 1 fully saturated rings. The number of pyridine rings is 1. The maximum atomic E-state index is 13.0. The number of benzene rings is 1. The van der Waals surface area contributed by atoms with Gasteiger partial charge in [-0.3, -0.25) is 9.59 Å². The zero-order valence-corrected chi connectivity index (χ0v) is 22.0. The number of hydrogen-bond donors (Lipinski definition) is 3. The number of rotatable bonds is 8. The average molecular weight is 546 g/mol. The van der Waals surface area contributed by atoms with Gasteiger partial charge in [0.15, 0.2) is 0 Å². The summed E-state index contributed by atoms with van der Waals surface area (Å²) >= 11 is 6.37. The van der Waals surface area contributed by atoms with Gasteiger partial charge in [0.1, 0.15) is 16.3 Å². The zero-order chi connectivity index (χ0) is 26.6. The molecule has 2 aromatic heterocycles. The van der Waals surface area contributed by atoms with E-state index in [1.54, 1.807) is 41.3 Å². The Kier molecular flexibility index (Phi) is 8.22. The first-order valence-electron chi connectivity index (χ1n) is 11.8. The molecule has 3 aromatic rings. The lowest BCUT2D eigenvalue weighted by molar-refractivity contribution is 0.0936. The molecule has 1 aliphatic rings. The molecule has 13 heteroatoms. The number of amides is 2. The molecule has 11 nitrogen and oxygen atoms in total. The van der Waals surface area contributed by atoms with Crippen LogP contribution in [0.2, 0.25) is 5.02 Å². The fourth-order valence-electron chi connectivity index (χ4n) is 3.75. The molecule has 1 saturated heterocycles. The molecule has 0 atom stereocenters. The van der Waals surface area contributed by atoms with Crippen molar-refractivity contribution in [1.82, 2.24) is 35.0 Å². The molecular formula is C24H28ClN7O4S. The lowest BCUT2D eigenvalue weighted by atomic mass is 10.2. The Labute approximate surface area is 220 Å². The largest absolute Gasteiger partial charge is 0.349 e. The molecule has 37 heavy (non-hydrogen) atoms. The van der Waals surface area contributed by atoms with E-state index in [1.165, 1.54) is 16.4 Å². The van der Waals surface area contributed by atoms with Gasteiger partial charge >= 0.3 is 0 Å². The van der Waals surface area contributed by atoms with Gasteiger partial charge in [-0.1, -0.05) is 17.7 Å². The highest BCUT2D eigenvalue weighted by Gasteiger charge is 2.28. The van der Waals surface area contributed by atoms with Gasteiger partial charge in [0.25, 0.3) is 11.8 Å². The van der Waals surface area contributed by atoms with Crippen LogP contribution in [0.1, 0.15) is 40.4 Å². The van der Waals surface area contributed by atoms with Crippen LogP contribution in [0.15, 0.2) is 53.7 Å². The van der Waals surface area contributed by atoms with E-state index >= 15 is 0 Å². The number of hydrogen-bond acceptors (Lipinski definition) is 7. The van der Waals surface area contributed by atoms with E-state index in [4.69, 9.17) is 11.6 Å². The molecule has 3 heterocycles. The minimum absolute atomic E-state index is 0.0500. The monoisotopic (exact) mass is 545 g/mol. The lowest BCUT2D eigenvalue weighted by Gasteiger charge is -2.27. The molecule has 0 aliphatic carbocycles. The average Bonchev–Trinajstić information content (AvgIpc) is 3.36. The van der Waals surface area contributed by atoms with Crippen molar-refractivity contribution >= 4 is 33.4 Å². The first-order valence-corrected chi connectivity index (χ1v) is 13.6. The van der Waals surface area contributed by atoms with Crippen LogP contribution in [0.3, 0.4) is 0 Å². The van der Waals surface area contributed by atoms with E-state index < -0.39 is 15.9 Å². The lowest BCUT2D eigenvalue weighted by Crippen LogP contribution is -2.46. The predicted octanol–water partition coefficient (Wildman–Crippen LogP) is 1.58. The van der Waals surface area contributed by atoms with Crippen molar-refractivity contribution in [2.24, 2.45) is 0 Å².